The van der Waals surface area contributed by atoms with E-state index in [9.17, 15) is 0 Å². The van der Waals surface area contributed by atoms with Crippen molar-refractivity contribution in [2.45, 2.75) is 110 Å². The lowest BCUT2D eigenvalue weighted by molar-refractivity contribution is 0.548. The van der Waals surface area contributed by atoms with Crippen LogP contribution in [-0.4, -0.2) is 9.97 Å². The van der Waals surface area contributed by atoms with E-state index < -0.39 is 0 Å². The Kier molecular flexibility index (Phi) is 11.0. The van der Waals surface area contributed by atoms with Crippen LogP contribution in [0.25, 0.3) is 0 Å². The van der Waals surface area contributed by atoms with E-state index in [1.54, 1.807) is 0 Å². The fourth-order valence-electron chi connectivity index (χ4n) is 4.06. The zero-order valence-corrected chi connectivity index (χ0v) is 18.6. The van der Waals surface area contributed by atoms with Crippen molar-refractivity contribution in [2.24, 2.45) is 0 Å². The van der Waals surface area contributed by atoms with Crippen LogP contribution in [0.4, 0.5) is 0 Å². The van der Waals surface area contributed by atoms with Crippen molar-refractivity contribution in [3.05, 3.63) is 53.6 Å². The Labute approximate surface area is 173 Å². The number of nitrogens with one attached hydrogen (secondary N) is 1. The highest BCUT2D eigenvalue weighted by atomic mass is 14.9. The molecule has 2 rings (SSSR count). The topological polar surface area (TPSA) is 28.7 Å². The Balaban J connectivity index is 1.59. The number of benzene rings is 1. The Morgan fingerprint density at radius 3 is 2.07 bits per heavy atom. The Morgan fingerprint density at radius 1 is 0.786 bits per heavy atom. The van der Waals surface area contributed by atoms with Crippen LogP contribution in [0.2, 0.25) is 0 Å². The maximum absolute atomic E-state index is 4.38. The van der Waals surface area contributed by atoms with Gasteiger partial charge in [-0.2, -0.15) is 0 Å². The number of aromatic nitrogens is 2. The lowest BCUT2D eigenvalue weighted by atomic mass is 9.92. The molecule has 2 heteroatoms. The Hall–Kier alpha value is -1.57. The summed E-state index contributed by atoms with van der Waals surface area (Å²) in [5.41, 5.74) is 3.00. The molecule has 1 N–H and O–H groups in total. The number of rotatable bonds is 15. The van der Waals surface area contributed by atoms with Gasteiger partial charge in [-0.3, -0.25) is 0 Å². The molecule has 0 aliphatic carbocycles. The number of hydrogen-bond acceptors (Lipinski definition) is 1. The van der Waals surface area contributed by atoms with Crippen molar-refractivity contribution in [1.29, 1.82) is 0 Å². The van der Waals surface area contributed by atoms with Gasteiger partial charge in [0.25, 0.3) is 0 Å². The summed E-state index contributed by atoms with van der Waals surface area (Å²) in [6.07, 6.45) is 19.9. The third-order valence-corrected chi connectivity index (χ3v) is 6.13. The van der Waals surface area contributed by atoms with Gasteiger partial charge in [0.15, 0.2) is 0 Å². The highest BCUT2D eigenvalue weighted by Crippen LogP contribution is 2.25. The third kappa shape index (κ3) is 8.63. The molecule has 0 radical (unpaired) electrons. The molecule has 156 valence electrons. The van der Waals surface area contributed by atoms with Crippen LogP contribution >= 0.6 is 0 Å². The van der Waals surface area contributed by atoms with E-state index in [-0.39, 0.29) is 0 Å². The van der Waals surface area contributed by atoms with E-state index in [4.69, 9.17) is 0 Å². The van der Waals surface area contributed by atoms with Crippen LogP contribution in [0.5, 0.6) is 0 Å². The first-order valence-corrected chi connectivity index (χ1v) is 11.8. The van der Waals surface area contributed by atoms with Crippen molar-refractivity contribution in [3.63, 3.8) is 0 Å². The quantitative estimate of drug-likeness (QED) is 0.309. The van der Waals surface area contributed by atoms with Crippen molar-refractivity contribution in [3.8, 4) is 0 Å². The van der Waals surface area contributed by atoms with E-state index in [2.05, 4.69) is 55.0 Å². The van der Waals surface area contributed by atoms with Crippen molar-refractivity contribution in [2.75, 3.05) is 0 Å². The van der Waals surface area contributed by atoms with E-state index >= 15 is 0 Å². The molecule has 0 spiro atoms. The zero-order valence-electron chi connectivity index (χ0n) is 18.6. The molecule has 2 unspecified atom stereocenters. The van der Waals surface area contributed by atoms with Crippen LogP contribution in [0, 0.1) is 0 Å². The first-order chi connectivity index (χ1) is 13.7. The summed E-state index contributed by atoms with van der Waals surface area (Å²) in [5.74, 6) is 2.29. The summed E-state index contributed by atoms with van der Waals surface area (Å²) in [6, 6.07) is 9.44. The average molecular weight is 383 g/mol. The lowest BCUT2D eigenvalue weighted by Crippen LogP contribution is -1.99. The number of nitrogens with zero attached hydrogens (tertiary/aromatic N) is 1. The highest BCUT2D eigenvalue weighted by Gasteiger charge is 2.10. The second-order valence-electron chi connectivity index (χ2n) is 8.67. The van der Waals surface area contributed by atoms with Crippen molar-refractivity contribution < 1.29 is 0 Å². The minimum absolute atomic E-state index is 0.524. The number of imidazole rings is 1. The van der Waals surface area contributed by atoms with Gasteiger partial charge >= 0.3 is 0 Å². The van der Waals surface area contributed by atoms with Crippen LogP contribution in [0.3, 0.4) is 0 Å². The summed E-state index contributed by atoms with van der Waals surface area (Å²) in [4.78, 5) is 7.62. The molecule has 2 nitrogen and oxygen atoms in total. The van der Waals surface area contributed by atoms with E-state index in [0.717, 1.165) is 5.82 Å². The number of hydrogen-bond donors (Lipinski definition) is 1. The zero-order chi connectivity index (χ0) is 20.0. The van der Waals surface area contributed by atoms with Gasteiger partial charge in [-0.1, -0.05) is 96.4 Å². The van der Waals surface area contributed by atoms with Crippen LogP contribution in [0.15, 0.2) is 36.7 Å². The molecule has 0 saturated carbocycles. The van der Waals surface area contributed by atoms with Gasteiger partial charge in [-0.25, -0.2) is 4.98 Å². The van der Waals surface area contributed by atoms with Gasteiger partial charge in [0, 0.05) is 18.3 Å². The molecule has 0 saturated heterocycles. The van der Waals surface area contributed by atoms with Crippen molar-refractivity contribution >= 4 is 0 Å². The van der Waals surface area contributed by atoms with E-state index in [1.807, 2.05) is 12.4 Å². The Bertz CT molecular complexity index is 600. The van der Waals surface area contributed by atoms with Gasteiger partial charge in [0.05, 0.1) is 0 Å². The molecule has 28 heavy (non-hydrogen) atoms. The number of H-pyrrole nitrogens is 1. The van der Waals surface area contributed by atoms with E-state index in [0.29, 0.717) is 11.8 Å². The van der Waals surface area contributed by atoms with Gasteiger partial charge in [-0.05, 0) is 42.7 Å². The SMILES string of the molecule is CCCCCCCCCCc1ccc(C(C)CCCC(C)c2ncc[nH]2)cc1. The molecule has 1 aromatic carbocycles. The molecule has 1 heterocycles. The summed E-state index contributed by atoms with van der Waals surface area (Å²) in [5, 5.41) is 0. The minimum atomic E-state index is 0.524. The van der Waals surface area contributed by atoms with Gasteiger partial charge < -0.3 is 4.98 Å². The van der Waals surface area contributed by atoms with Crippen LogP contribution < -0.4 is 0 Å². The first-order valence-electron chi connectivity index (χ1n) is 11.8. The third-order valence-electron chi connectivity index (χ3n) is 6.13. The monoisotopic (exact) mass is 382 g/mol. The van der Waals surface area contributed by atoms with Gasteiger partial charge in [0.2, 0.25) is 0 Å². The molecular weight excluding hydrogens is 340 g/mol. The molecule has 0 aliphatic heterocycles. The summed E-state index contributed by atoms with van der Waals surface area (Å²) in [6.45, 7) is 6.92. The fourth-order valence-corrected chi connectivity index (χ4v) is 4.06. The minimum Gasteiger partial charge on any atom is -0.348 e. The Morgan fingerprint density at radius 2 is 1.43 bits per heavy atom. The lowest BCUT2D eigenvalue weighted by Gasteiger charge is -2.14. The highest BCUT2D eigenvalue weighted by molar-refractivity contribution is 5.25. The molecule has 0 bridgehead atoms. The summed E-state index contributed by atoms with van der Waals surface area (Å²) >= 11 is 0. The number of aryl methyl sites for hydroxylation is 1. The second kappa shape index (κ2) is 13.6. The molecule has 0 fully saturated rings. The number of unbranched alkanes of at least 4 members (excludes halogenated alkanes) is 7. The van der Waals surface area contributed by atoms with E-state index in [1.165, 1.54) is 88.2 Å². The molecule has 0 aliphatic rings. The van der Waals surface area contributed by atoms with Gasteiger partial charge in [0.1, 0.15) is 5.82 Å². The fraction of sp³-hybridized carbons (Fsp3) is 0.654. The van der Waals surface area contributed by atoms with Gasteiger partial charge in [-0.15, -0.1) is 0 Å². The molecule has 1 aromatic heterocycles. The van der Waals surface area contributed by atoms with Crippen LogP contribution in [0.1, 0.15) is 120 Å². The van der Waals surface area contributed by atoms with Crippen LogP contribution in [-0.2, 0) is 6.42 Å². The standard InChI is InChI=1S/C26H42N2/c1-4-5-6-7-8-9-10-11-15-24-16-18-25(19-17-24)22(2)13-12-14-23(3)26-27-20-21-28-26/h16-23H,4-15H2,1-3H3,(H,27,28). The summed E-state index contributed by atoms with van der Waals surface area (Å²) in [7, 11) is 0. The normalized spacial score (nSPS) is 13.5. The average Bonchev–Trinajstić information content (AvgIpc) is 3.25. The molecule has 0 amide bonds. The predicted molar refractivity (Wildman–Crippen MR) is 122 cm³/mol. The molecule has 2 atom stereocenters. The first kappa shape index (κ1) is 22.7. The summed E-state index contributed by atoms with van der Waals surface area (Å²) < 4.78 is 0. The second-order valence-corrected chi connectivity index (χ2v) is 8.67. The number of aromatic amines is 1. The maximum Gasteiger partial charge on any atom is 0.108 e. The molecular formula is C26H42N2. The smallest absolute Gasteiger partial charge is 0.108 e. The molecule has 2 aromatic rings. The predicted octanol–water partition coefficient (Wildman–Crippen LogP) is 8.17. The van der Waals surface area contributed by atoms with Crippen molar-refractivity contribution in [1.82, 2.24) is 9.97 Å². The largest absolute Gasteiger partial charge is 0.348 e. The maximum atomic E-state index is 4.38.